The largest absolute Gasteiger partial charge is 0.485 e. The van der Waals surface area contributed by atoms with Gasteiger partial charge in [0.25, 0.3) is 5.91 Å². The molecule has 1 aliphatic heterocycles. The van der Waals surface area contributed by atoms with E-state index in [2.05, 4.69) is 5.32 Å². The highest BCUT2D eigenvalue weighted by Gasteiger charge is 2.27. The zero-order valence-electron chi connectivity index (χ0n) is 10.5. The van der Waals surface area contributed by atoms with Crippen molar-refractivity contribution in [3.8, 4) is 11.5 Å². The predicted octanol–water partition coefficient (Wildman–Crippen LogP) is 0.663. The van der Waals surface area contributed by atoms with Gasteiger partial charge in [0, 0.05) is 6.54 Å². The summed E-state index contributed by atoms with van der Waals surface area (Å²) in [5, 5.41) is 11.3. The third-order valence-corrected chi connectivity index (χ3v) is 2.81. The van der Waals surface area contributed by atoms with E-state index in [1.165, 1.54) is 6.92 Å². The van der Waals surface area contributed by atoms with Gasteiger partial charge in [0.1, 0.15) is 6.61 Å². The summed E-state index contributed by atoms with van der Waals surface area (Å²) < 4.78 is 10.9. The van der Waals surface area contributed by atoms with E-state index in [4.69, 9.17) is 14.6 Å². The smallest absolute Gasteiger partial charge is 0.308 e. The van der Waals surface area contributed by atoms with Gasteiger partial charge in [0.2, 0.25) is 6.10 Å². The van der Waals surface area contributed by atoms with Crippen LogP contribution in [-0.2, 0) is 9.59 Å². The van der Waals surface area contributed by atoms with E-state index in [-0.39, 0.29) is 19.1 Å². The van der Waals surface area contributed by atoms with Gasteiger partial charge in [0.15, 0.2) is 11.5 Å². The summed E-state index contributed by atoms with van der Waals surface area (Å²) in [7, 11) is 0. The first-order valence-electron chi connectivity index (χ1n) is 5.97. The highest BCUT2D eigenvalue weighted by Crippen LogP contribution is 2.30. The van der Waals surface area contributed by atoms with Crippen molar-refractivity contribution in [3.63, 3.8) is 0 Å². The molecule has 1 heterocycles. The number of para-hydroxylation sites is 2. The number of nitrogens with one attached hydrogen (secondary N) is 1. The van der Waals surface area contributed by atoms with Gasteiger partial charge in [-0.25, -0.2) is 0 Å². The van der Waals surface area contributed by atoms with E-state index in [0.29, 0.717) is 11.5 Å². The number of carboxylic acid groups (broad SMARTS) is 1. The molecular weight excluding hydrogens is 250 g/mol. The van der Waals surface area contributed by atoms with Crippen LogP contribution in [-0.4, -0.2) is 36.2 Å². The number of fused-ring (bicyclic) bond motifs is 1. The minimum Gasteiger partial charge on any atom is -0.485 e. The number of carbonyl (C=O) groups is 2. The van der Waals surface area contributed by atoms with Gasteiger partial charge in [-0.05, 0) is 12.1 Å². The van der Waals surface area contributed by atoms with Crippen LogP contribution in [0.2, 0.25) is 0 Å². The Morgan fingerprint density at radius 3 is 2.79 bits per heavy atom. The van der Waals surface area contributed by atoms with Crippen molar-refractivity contribution in [2.45, 2.75) is 13.0 Å². The molecule has 0 aromatic heterocycles. The maximum Gasteiger partial charge on any atom is 0.308 e. The number of benzene rings is 1. The number of hydrogen-bond acceptors (Lipinski definition) is 4. The molecule has 0 spiro atoms. The van der Waals surface area contributed by atoms with Gasteiger partial charge >= 0.3 is 5.97 Å². The van der Waals surface area contributed by atoms with Crippen LogP contribution >= 0.6 is 0 Å². The van der Waals surface area contributed by atoms with Gasteiger partial charge in [0.05, 0.1) is 5.92 Å². The summed E-state index contributed by atoms with van der Waals surface area (Å²) in [4.78, 5) is 22.5. The van der Waals surface area contributed by atoms with Crippen molar-refractivity contribution < 1.29 is 24.2 Å². The van der Waals surface area contributed by atoms with Crippen LogP contribution < -0.4 is 14.8 Å². The first-order chi connectivity index (χ1) is 9.08. The molecule has 2 rings (SSSR count). The minimum absolute atomic E-state index is 0.0652. The summed E-state index contributed by atoms with van der Waals surface area (Å²) in [5.74, 6) is -0.847. The van der Waals surface area contributed by atoms with Crippen molar-refractivity contribution in [3.05, 3.63) is 24.3 Å². The Morgan fingerprint density at radius 2 is 2.11 bits per heavy atom. The van der Waals surface area contributed by atoms with Crippen LogP contribution in [0.15, 0.2) is 24.3 Å². The second-order valence-corrected chi connectivity index (χ2v) is 4.35. The molecular formula is C13H15NO5. The molecule has 1 aromatic carbocycles. The monoisotopic (exact) mass is 265 g/mol. The fourth-order valence-electron chi connectivity index (χ4n) is 1.60. The van der Waals surface area contributed by atoms with Gasteiger partial charge in [-0.1, -0.05) is 19.1 Å². The van der Waals surface area contributed by atoms with Crippen LogP contribution in [0.4, 0.5) is 0 Å². The summed E-state index contributed by atoms with van der Waals surface area (Å²) >= 11 is 0. The van der Waals surface area contributed by atoms with E-state index in [9.17, 15) is 9.59 Å². The number of amides is 1. The number of carboxylic acids is 1. The maximum atomic E-state index is 11.8. The molecule has 0 saturated heterocycles. The molecule has 102 valence electrons. The van der Waals surface area contributed by atoms with E-state index >= 15 is 0 Å². The average Bonchev–Trinajstić information content (AvgIpc) is 2.43. The van der Waals surface area contributed by atoms with Crippen LogP contribution in [0.25, 0.3) is 0 Å². The van der Waals surface area contributed by atoms with Crippen molar-refractivity contribution in [2.24, 2.45) is 5.92 Å². The lowest BCUT2D eigenvalue weighted by Crippen LogP contribution is -2.45. The van der Waals surface area contributed by atoms with Crippen LogP contribution in [0.3, 0.4) is 0 Å². The number of carbonyl (C=O) groups excluding carboxylic acids is 1. The topological polar surface area (TPSA) is 84.9 Å². The van der Waals surface area contributed by atoms with Crippen molar-refractivity contribution >= 4 is 11.9 Å². The number of aliphatic carboxylic acids is 1. The summed E-state index contributed by atoms with van der Waals surface area (Å²) in [5.41, 5.74) is 0. The summed E-state index contributed by atoms with van der Waals surface area (Å²) in [6.07, 6.45) is -0.754. The molecule has 6 heteroatoms. The molecule has 2 unspecified atom stereocenters. The average molecular weight is 265 g/mol. The number of rotatable bonds is 4. The van der Waals surface area contributed by atoms with Crippen LogP contribution in [0.1, 0.15) is 6.92 Å². The molecule has 0 fully saturated rings. The summed E-state index contributed by atoms with van der Waals surface area (Å²) in [6.45, 7) is 1.70. The normalized spacial score (nSPS) is 18.5. The third kappa shape index (κ3) is 3.15. The fourth-order valence-corrected chi connectivity index (χ4v) is 1.60. The zero-order valence-corrected chi connectivity index (χ0v) is 10.5. The molecule has 2 atom stereocenters. The predicted molar refractivity (Wildman–Crippen MR) is 66.2 cm³/mol. The van der Waals surface area contributed by atoms with E-state index in [0.717, 1.165) is 0 Å². The lowest BCUT2D eigenvalue weighted by atomic mass is 10.2. The molecule has 19 heavy (non-hydrogen) atoms. The lowest BCUT2D eigenvalue weighted by Gasteiger charge is -2.25. The molecule has 1 aliphatic rings. The number of ether oxygens (including phenoxy) is 2. The molecule has 1 aromatic rings. The molecule has 1 amide bonds. The van der Waals surface area contributed by atoms with Crippen molar-refractivity contribution in [2.75, 3.05) is 13.2 Å². The Kier molecular flexibility index (Phi) is 3.89. The first kappa shape index (κ1) is 13.2. The first-order valence-corrected chi connectivity index (χ1v) is 5.97. The zero-order chi connectivity index (χ0) is 13.8. The second kappa shape index (κ2) is 5.60. The van der Waals surface area contributed by atoms with Crippen LogP contribution in [0.5, 0.6) is 11.5 Å². The van der Waals surface area contributed by atoms with Gasteiger partial charge < -0.3 is 19.9 Å². The van der Waals surface area contributed by atoms with Gasteiger partial charge in [-0.3, -0.25) is 9.59 Å². The molecule has 0 bridgehead atoms. The Bertz CT molecular complexity index is 488. The highest BCUT2D eigenvalue weighted by atomic mass is 16.6. The molecule has 0 aliphatic carbocycles. The third-order valence-electron chi connectivity index (χ3n) is 2.81. The lowest BCUT2D eigenvalue weighted by molar-refractivity contribution is -0.141. The molecule has 0 radical (unpaired) electrons. The molecule has 6 nitrogen and oxygen atoms in total. The standard InChI is InChI=1S/C13H15NO5/c1-8(13(16)17)6-14-12(15)11-7-18-9-4-2-3-5-10(9)19-11/h2-5,8,11H,6-7H2,1H3,(H,14,15)(H,16,17). The fraction of sp³-hybridized carbons (Fsp3) is 0.385. The Labute approximate surface area is 110 Å². The minimum atomic E-state index is -0.952. The Balaban J connectivity index is 1.90. The Hall–Kier alpha value is -2.24. The van der Waals surface area contributed by atoms with Crippen LogP contribution in [0, 0.1) is 5.92 Å². The molecule has 2 N–H and O–H groups in total. The highest BCUT2D eigenvalue weighted by molar-refractivity contribution is 5.82. The van der Waals surface area contributed by atoms with Gasteiger partial charge in [-0.15, -0.1) is 0 Å². The number of hydrogen-bond donors (Lipinski definition) is 2. The van der Waals surface area contributed by atoms with E-state index in [1.54, 1.807) is 18.2 Å². The second-order valence-electron chi connectivity index (χ2n) is 4.35. The van der Waals surface area contributed by atoms with Crippen molar-refractivity contribution in [1.29, 1.82) is 0 Å². The van der Waals surface area contributed by atoms with E-state index < -0.39 is 18.0 Å². The van der Waals surface area contributed by atoms with Crippen molar-refractivity contribution in [1.82, 2.24) is 5.32 Å². The molecule has 0 saturated carbocycles. The quantitative estimate of drug-likeness (QED) is 0.835. The summed E-state index contributed by atoms with van der Waals surface area (Å²) in [6, 6.07) is 7.08. The van der Waals surface area contributed by atoms with Gasteiger partial charge in [-0.2, -0.15) is 0 Å². The SMILES string of the molecule is CC(CNC(=O)C1COc2ccccc2O1)C(=O)O. The maximum absolute atomic E-state index is 11.8. The van der Waals surface area contributed by atoms with E-state index in [1.807, 2.05) is 6.07 Å². The Morgan fingerprint density at radius 1 is 1.42 bits per heavy atom.